The summed E-state index contributed by atoms with van der Waals surface area (Å²) in [7, 11) is 0. The van der Waals surface area contributed by atoms with Crippen LogP contribution in [0.15, 0.2) is 42.5 Å². The van der Waals surface area contributed by atoms with Crippen LogP contribution in [0.5, 0.6) is 5.75 Å². The Bertz CT molecular complexity index is 654. The molecule has 2 aromatic carbocycles. The molecular weight excluding hydrogens is 337 g/mol. The van der Waals surface area contributed by atoms with Gasteiger partial charge in [0.25, 0.3) is 0 Å². The molecule has 0 saturated carbocycles. The molecule has 0 aliphatic rings. The quantitative estimate of drug-likeness (QED) is 0.785. The molecule has 4 nitrogen and oxygen atoms in total. The van der Waals surface area contributed by atoms with Crippen molar-refractivity contribution in [3.8, 4) is 5.75 Å². The highest BCUT2D eigenvalue weighted by atomic mass is 35.5. The maximum absolute atomic E-state index is 10.7. The third-order valence-electron chi connectivity index (χ3n) is 3.35. The Kier molecular flexibility index (Phi) is 6.28. The number of halogens is 2. The molecule has 23 heavy (non-hydrogen) atoms. The van der Waals surface area contributed by atoms with E-state index in [9.17, 15) is 4.79 Å². The lowest BCUT2D eigenvalue weighted by Crippen LogP contribution is -2.33. The Labute approximate surface area is 145 Å². The van der Waals surface area contributed by atoms with Crippen LogP contribution >= 0.6 is 23.2 Å². The number of ether oxygens (including phenoxy) is 1. The molecule has 0 spiro atoms. The fraction of sp³-hybridized carbons (Fsp3) is 0.235. The van der Waals surface area contributed by atoms with Gasteiger partial charge in [0.15, 0.2) is 0 Å². The smallest absolute Gasteiger partial charge is 0.320 e. The Hall–Kier alpha value is -1.75. The van der Waals surface area contributed by atoms with Gasteiger partial charge in [0.05, 0.1) is 0 Å². The molecule has 1 unspecified atom stereocenters. The molecule has 0 bridgehead atoms. The van der Waals surface area contributed by atoms with Crippen LogP contribution in [-0.4, -0.2) is 17.1 Å². The van der Waals surface area contributed by atoms with Gasteiger partial charge in [-0.1, -0.05) is 41.4 Å². The molecule has 0 heterocycles. The zero-order chi connectivity index (χ0) is 16.8. The van der Waals surface area contributed by atoms with Gasteiger partial charge in [-0.2, -0.15) is 0 Å². The van der Waals surface area contributed by atoms with Gasteiger partial charge < -0.3 is 15.2 Å². The number of hydrogen-bond acceptors (Lipinski definition) is 3. The standard InChI is InChI=1S/C17H17Cl2NO3/c1-11(17(21)22)20-9-12-5-7-13(8-6-12)23-10-14-15(18)3-2-4-16(14)19/h2-8,11,20H,9-10H2,1H3,(H,21,22). The van der Waals surface area contributed by atoms with Crippen LogP contribution in [0.2, 0.25) is 10.0 Å². The van der Waals surface area contributed by atoms with E-state index in [1.807, 2.05) is 24.3 Å². The zero-order valence-electron chi connectivity index (χ0n) is 12.6. The SMILES string of the molecule is CC(NCc1ccc(OCc2c(Cl)cccc2Cl)cc1)C(=O)O. The Morgan fingerprint density at radius 2 is 1.78 bits per heavy atom. The van der Waals surface area contributed by atoms with Crippen LogP contribution in [-0.2, 0) is 17.9 Å². The minimum Gasteiger partial charge on any atom is -0.489 e. The van der Waals surface area contributed by atoms with Crippen molar-refractivity contribution in [3.63, 3.8) is 0 Å². The molecule has 1 atom stereocenters. The first-order chi connectivity index (χ1) is 11.0. The second-order valence-electron chi connectivity index (χ2n) is 5.07. The van der Waals surface area contributed by atoms with E-state index in [4.69, 9.17) is 33.0 Å². The summed E-state index contributed by atoms with van der Waals surface area (Å²) in [6.07, 6.45) is 0. The molecular formula is C17H17Cl2NO3. The molecule has 0 amide bonds. The summed E-state index contributed by atoms with van der Waals surface area (Å²) in [5.74, 6) is -0.183. The number of rotatable bonds is 7. The number of benzene rings is 2. The number of carbonyl (C=O) groups is 1. The van der Waals surface area contributed by atoms with Crippen molar-refractivity contribution in [1.29, 1.82) is 0 Å². The van der Waals surface area contributed by atoms with Crippen LogP contribution in [0, 0.1) is 0 Å². The lowest BCUT2D eigenvalue weighted by atomic mass is 10.2. The molecule has 0 radical (unpaired) electrons. The summed E-state index contributed by atoms with van der Waals surface area (Å²) in [6.45, 7) is 2.36. The minimum atomic E-state index is -0.874. The van der Waals surface area contributed by atoms with Crippen LogP contribution in [0.4, 0.5) is 0 Å². The first kappa shape index (κ1) is 17.6. The van der Waals surface area contributed by atoms with Gasteiger partial charge in [0.2, 0.25) is 0 Å². The van der Waals surface area contributed by atoms with Crippen LogP contribution in [0.3, 0.4) is 0 Å². The average Bonchev–Trinajstić information content (AvgIpc) is 2.53. The maximum Gasteiger partial charge on any atom is 0.320 e. The third-order valence-corrected chi connectivity index (χ3v) is 4.06. The van der Waals surface area contributed by atoms with Crippen molar-refractivity contribution in [1.82, 2.24) is 5.32 Å². The molecule has 2 N–H and O–H groups in total. The molecule has 0 saturated heterocycles. The van der Waals surface area contributed by atoms with Gasteiger partial charge in [0, 0.05) is 22.2 Å². The number of hydrogen-bond donors (Lipinski definition) is 2. The number of nitrogens with one attached hydrogen (secondary N) is 1. The molecule has 0 fully saturated rings. The highest BCUT2D eigenvalue weighted by Crippen LogP contribution is 2.25. The second-order valence-corrected chi connectivity index (χ2v) is 5.89. The fourth-order valence-corrected chi connectivity index (χ4v) is 2.39. The monoisotopic (exact) mass is 353 g/mol. The molecule has 6 heteroatoms. The Morgan fingerprint density at radius 3 is 2.35 bits per heavy atom. The molecule has 2 aromatic rings. The third kappa shape index (κ3) is 5.13. The zero-order valence-corrected chi connectivity index (χ0v) is 14.1. The highest BCUT2D eigenvalue weighted by molar-refractivity contribution is 6.35. The Morgan fingerprint density at radius 1 is 1.17 bits per heavy atom. The van der Waals surface area contributed by atoms with Crippen molar-refractivity contribution in [3.05, 3.63) is 63.6 Å². The van der Waals surface area contributed by atoms with Crippen molar-refractivity contribution in [2.24, 2.45) is 0 Å². The minimum absolute atomic E-state index is 0.284. The topological polar surface area (TPSA) is 58.6 Å². The lowest BCUT2D eigenvalue weighted by molar-refractivity contribution is -0.139. The summed E-state index contributed by atoms with van der Waals surface area (Å²) < 4.78 is 5.69. The summed E-state index contributed by atoms with van der Waals surface area (Å²) >= 11 is 12.2. The van der Waals surface area contributed by atoms with Gasteiger partial charge in [-0.25, -0.2) is 0 Å². The van der Waals surface area contributed by atoms with Crippen LogP contribution in [0.1, 0.15) is 18.1 Å². The van der Waals surface area contributed by atoms with Crippen LogP contribution < -0.4 is 10.1 Å². The van der Waals surface area contributed by atoms with Gasteiger partial charge in [-0.05, 0) is 36.8 Å². The predicted molar refractivity (Wildman–Crippen MR) is 91.2 cm³/mol. The second kappa shape index (κ2) is 8.20. The van der Waals surface area contributed by atoms with E-state index in [0.717, 1.165) is 11.1 Å². The van der Waals surface area contributed by atoms with E-state index in [1.165, 1.54) is 0 Å². The molecule has 122 valence electrons. The largest absolute Gasteiger partial charge is 0.489 e. The van der Waals surface area contributed by atoms with Crippen molar-refractivity contribution in [2.75, 3.05) is 0 Å². The van der Waals surface area contributed by atoms with E-state index >= 15 is 0 Å². The maximum atomic E-state index is 10.7. The average molecular weight is 354 g/mol. The predicted octanol–water partition coefficient (Wildman–Crippen LogP) is 4.14. The molecule has 0 aliphatic carbocycles. The van der Waals surface area contributed by atoms with E-state index in [-0.39, 0.29) is 6.61 Å². The first-order valence-electron chi connectivity index (χ1n) is 7.08. The molecule has 2 rings (SSSR count). The highest BCUT2D eigenvalue weighted by Gasteiger charge is 2.09. The Balaban J connectivity index is 1.91. The van der Waals surface area contributed by atoms with Crippen molar-refractivity contribution >= 4 is 29.2 Å². The number of carboxylic acids is 1. The molecule has 0 aromatic heterocycles. The molecule has 0 aliphatic heterocycles. The number of carboxylic acid groups (broad SMARTS) is 1. The van der Waals surface area contributed by atoms with Gasteiger partial charge in [0.1, 0.15) is 18.4 Å². The normalized spacial score (nSPS) is 12.0. The summed E-state index contributed by atoms with van der Waals surface area (Å²) in [6, 6.07) is 12.1. The summed E-state index contributed by atoms with van der Waals surface area (Å²) in [5, 5.41) is 12.9. The van der Waals surface area contributed by atoms with E-state index in [0.29, 0.717) is 22.3 Å². The van der Waals surface area contributed by atoms with Gasteiger partial charge >= 0.3 is 5.97 Å². The van der Waals surface area contributed by atoms with E-state index < -0.39 is 12.0 Å². The van der Waals surface area contributed by atoms with Crippen molar-refractivity contribution < 1.29 is 14.6 Å². The van der Waals surface area contributed by atoms with Gasteiger partial charge in [-0.3, -0.25) is 4.79 Å². The fourth-order valence-electron chi connectivity index (χ4n) is 1.89. The van der Waals surface area contributed by atoms with Crippen molar-refractivity contribution in [2.45, 2.75) is 26.1 Å². The summed E-state index contributed by atoms with van der Waals surface area (Å²) in [5.41, 5.74) is 1.72. The first-order valence-corrected chi connectivity index (χ1v) is 7.84. The van der Waals surface area contributed by atoms with Gasteiger partial charge in [-0.15, -0.1) is 0 Å². The number of aliphatic carboxylic acids is 1. The van der Waals surface area contributed by atoms with Crippen LogP contribution in [0.25, 0.3) is 0 Å². The lowest BCUT2D eigenvalue weighted by Gasteiger charge is -2.11. The van der Waals surface area contributed by atoms with E-state index in [1.54, 1.807) is 25.1 Å². The van der Waals surface area contributed by atoms with E-state index in [2.05, 4.69) is 5.32 Å². The summed E-state index contributed by atoms with van der Waals surface area (Å²) in [4.78, 5) is 10.7.